The summed E-state index contributed by atoms with van der Waals surface area (Å²) < 4.78 is 10.2. The molecule has 0 bridgehead atoms. The molecule has 0 spiro atoms. The summed E-state index contributed by atoms with van der Waals surface area (Å²) in [5.41, 5.74) is 1.42. The average molecular weight is 522 g/mol. The van der Waals surface area contributed by atoms with Crippen molar-refractivity contribution in [2.75, 3.05) is 11.9 Å². The summed E-state index contributed by atoms with van der Waals surface area (Å²) in [4.78, 5) is 60.8. The van der Waals surface area contributed by atoms with Gasteiger partial charge in [-0.05, 0) is 55.5 Å². The van der Waals surface area contributed by atoms with Crippen LogP contribution in [0.15, 0.2) is 78.9 Å². The molecule has 37 heavy (non-hydrogen) atoms. The molecule has 1 amide bonds. The number of ketones is 2. The molecule has 0 aromatic heterocycles. The van der Waals surface area contributed by atoms with Crippen molar-refractivity contribution in [1.29, 1.82) is 0 Å². The molecule has 0 saturated carbocycles. The van der Waals surface area contributed by atoms with Crippen LogP contribution in [-0.4, -0.2) is 42.1 Å². The molecule has 0 aliphatic heterocycles. The maximum Gasteiger partial charge on any atom is 0.338 e. The van der Waals surface area contributed by atoms with Crippen molar-refractivity contribution in [2.24, 2.45) is 0 Å². The number of hydrogen-bond acceptors (Lipinski definition) is 7. The molecule has 8 nitrogen and oxygen atoms in total. The van der Waals surface area contributed by atoms with E-state index < -0.39 is 30.6 Å². The molecule has 3 rings (SSSR count). The van der Waals surface area contributed by atoms with Crippen molar-refractivity contribution in [3.8, 4) is 0 Å². The minimum Gasteiger partial charge on any atom is -0.457 e. The van der Waals surface area contributed by atoms with Gasteiger partial charge in [-0.3, -0.25) is 19.2 Å². The number of benzene rings is 3. The first-order chi connectivity index (χ1) is 17.7. The number of esters is 2. The molecule has 0 fully saturated rings. The Hall–Kier alpha value is -4.30. The third kappa shape index (κ3) is 8.40. The highest BCUT2D eigenvalue weighted by atomic mass is 35.5. The van der Waals surface area contributed by atoms with Gasteiger partial charge in [0, 0.05) is 28.3 Å². The zero-order chi connectivity index (χ0) is 26.8. The van der Waals surface area contributed by atoms with Crippen LogP contribution >= 0.6 is 11.6 Å². The number of anilines is 1. The summed E-state index contributed by atoms with van der Waals surface area (Å²) in [6.45, 7) is 1.07. The third-order valence-electron chi connectivity index (χ3n) is 5.20. The minimum absolute atomic E-state index is 0.156. The van der Waals surface area contributed by atoms with Crippen LogP contribution < -0.4 is 5.32 Å². The number of hydrogen-bond donors (Lipinski definition) is 1. The summed E-state index contributed by atoms with van der Waals surface area (Å²) in [6, 6.07) is 20.6. The van der Waals surface area contributed by atoms with E-state index >= 15 is 0 Å². The third-order valence-corrected chi connectivity index (χ3v) is 5.45. The molecule has 1 N–H and O–H groups in total. The number of Topliss-reactive ketones (excluding diaryl/α,β-unsaturated/α-hetero) is 2. The average Bonchev–Trinajstić information content (AvgIpc) is 2.91. The standard InChI is InChI=1S/C28H24ClNO7/c1-18(27(34)20-5-3-2-4-6-20)37-28(35)21-9-13-23(14-10-21)30-25(32)15-16-26(33)36-17-24(31)19-7-11-22(29)12-8-19/h2-14,18H,15-17H2,1H3,(H,30,32)/t18-/m1/s1. The number of nitrogens with one attached hydrogen (secondary N) is 1. The molecule has 9 heteroatoms. The van der Waals surface area contributed by atoms with Crippen molar-refractivity contribution in [1.82, 2.24) is 0 Å². The quantitative estimate of drug-likeness (QED) is 0.281. The Kier molecular flexibility index (Phi) is 9.69. The van der Waals surface area contributed by atoms with Gasteiger partial charge in [0.2, 0.25) is 11.7 Å². The van der Waals surface area contributed by atoms with Crippen molar-refractivity contribution < 1.29 is 33.4 Å². The van der Waals surface area contributed by atoms with Gasteiger partial charge >= 0.3 is 11.9 Å². The first-order valence-electron chi connectivity index (χ1n) is 11.4. The van der Waals surface area contributed by atoms with Gasteiger partial charge in [0.15, 0.2) is 18.5 Å². The number of rotatable bonds is 11. The van der Waals surface area contributed by atoms with E-state index in [1.54, 1.807) is 42.5 Å². The zero-order valence-corrected chi connectivity index (χ0v) is 20.7. The Labute approximate surface area is 218 Å². The number of ether oxygens (including phenoxy) is 2. The monoisotopic (exact) mass is 521 g/mol. The highest BCUT2D eigenvalue weighted by Gasteiger charge is 2.20. The van der Waals surface area contributed by atoms with Crippen LogP contribution in [0.2, 0.25) is 5.02 Å². The lowest BCUT2D eigenvalue weighted by Gasteiger charge is -2.12. The summed E-state index contributed by atoms with van der Waals surface area (Å²) in [5.74, 6) is -2.50. The van der Waals surface area contributed by atoms with Crippen molar-refractivity contribution in [3.05, 3.63) is 101 Å². The van der Waals surface area contributed by atoms with E-state index in [4.69, 9.17) is 21.1 Å². The second-order valence-electron chi connectivity index (χ2n) is 7.99. The number of halogens is 1. The Morgan fingerprint density at radius 3 is 2.05 bits per heavy atom. The predicted molar refractivity (Wildman–Crippen MR) is 137 cm³/mol. The molecule has 0 heterocycles. The smallest absolute Gasteiger partial charge is 0.338 e. The SMILES string of the molecule is C[C@@H](OC(=O)c1ccc(NC(=O)CCC(=O)OCC(=O)c2ccc(Cl)cc2)cc1)C(=O)c1ccccc1. The van der Waals surface area contributed by atoms with Gasteiger partial charge in [0.1, 0.15) is 0 Å². The minimum atomic E-state index is -0.962. The summed E-state index contributed by atoms with van der Waals surface area (Å²) in [7, 11) is 0. The first-order valence-corrected chi connectivity index (χ1v) is 11.8. The topological polar surface area (TPSA) is 116 Å². The van der Waals surface area contributed by atoms with Crippen molar-refractivity contribution >= 4 is 46.7 Å². The lowest BCUT2D eigenvalue weighted by atomic mass is 10.1. The Morgan fingerprint density at radius 2 is 1.41 bits per heavy atom. The molecule has 0 saturated heterocycles. The largest absolute Gasteiger partial charge is 0.457 e. The van der Waals surface area contributed by atoms with Crippen molar-refractivity contribution in [3.63, 3.8) is 0 Å². The van der Waals surface area contributed by atoms with Crippen LogP contribution in [0.25, 0.3) is 0 Å². The Balaban J connectivity index is 1.41. The summed E-state index contributed by atoms with van der Waals surface area (Å²) in [6.07, 6.45) is -1.33. The Bertz CT molecular complexity index is 1270. The fraction of sp³-hybridized carbons (Fsp3) is 0.179. The molecule has 0 aliphatic carbocycles. The summed E-state index contributed by atoms with van der Waals surface area (Å²) >= 11 is 5.78. The van der Waals surface area contributed by atoms with E-state index in [-0.39, 0.29) is 30.0 Å². The first kappa shape index (κ1) is 27.3. The van der Waals surface area contributed by atoms with Crippen LogP contribution in [-0.2, 0) is 19.1 Å². The van der Waals surface area contributed by atoms with Crippen molar-refractivity contribution in [2.45, 2.75) is 25.9 Å². The van der Waals surface area contributed by atoms with Crippen LogP contribution in [0.3, 0.4) is 0 Å². The highest BCUT2D eigenvalue weighted by molar-refractivity contribution is 6.30. The van der Waals surface area contributed by atoms with Gasteiger partial charge in [-0.1, -0.05) is 41.9 Å². The molecule has 0 radical (unpaired) electrons. The molecule has 3 aromatic rings. The van der Waals surface area contributed by atoms with E-state index in [9.17, 15) is 24.0 Å². The fourth-order valence-corrected chi connectivity index (χ4v) is 3.31. The van der Waals surface area contributed by atoms with Crippen LogP contribution in [0.1, 0.15) is 50.8 Å². The molecular weight excluding hydrogens is 498 g/mol. The van der Waals surface area contributed by atoms with E-state index in [1.807, 2.05) is 0 Å². The predicted octanol–water partition coefficient (Wildman–Crippen LogP) is 4.91. The van der Waals surface area contributed by atoms with E-state index in [1.165, 1.54) is 43.3 Å². The number of amides is 1. The molecular formula is C28H24ClNO7. The lowest BCUT2D eigenvalue weighted by molar-refractivity contribution is -0.143. The van der Waals surface area contributed by atoms with Crippen LogP contribution in [0, 0.1) is 0 Å². The van der Waals surface area contributed by atoms with Gasteiger partial charge in [-0.15, -0.1) is 0 Å². The van der Waals surface area contributed by atoms with Crippen LogP contribution in [0.4, 0.5) is 5.69 Å². The fourth-order valence-electron chi connectivity index (χ4n) is 3.19. The second kappa shape index (κ2) is 13.1. The number of carbonyl (C=O) groups excluding carboxylic acids is 5. The van der Waals surface area contributed by atoms with Gasteiger partial charge < -0.3 is 14.8 Å². The van der Waals surface area contributed by atoms with Gasteiger partial charge in [-0.25, -0.2) is 4.79 Å². The maximum atomic E-state index is 12.4. The lowest BCUT2D eigenvalue weighted by Crippen LogP contribution is -2.24. The maximum absolute atomic E-state index is 12.4. The van der Waals surface area contributed by atoms with Crippen LogP contribution in [0.5, 0.6) is 0 Å². The Morgan fingerprint density at radius 1 is 0.784 bits per heavy atom. The van der Waals surface area contributed by atoms with E-state index in [0.717, 1.165) is 0 Å². The zero-order valence-electron chi connectivity index (χ0n) is 19.9. The normalized spacial score (nSPS) is 11.2. The van der Waals surface area contributed by atoms with Gasteiger partial charge in [0.25, 0.3) is 0 Å². The molecule has 0 unspecified atom stereocenters. The molecule has 3 aromatic carbocycles. The van der Waals surface area contributed by atoms with E-state index in [2.05, 4.69) is 5.32 Å². The van der Waals surface area contributed by atoms with Gasteiger partial charge in [-0.2, -0.15) is 0 Å². The molecule has 190 valence electrons. The van der Waals surface area contributed by atoms with Gasteiger partial charge in [0.05, 0.1) is 12.0 Å². The molecule has 1 atom stereocenters. The van der Waals surface area contributed by atoms with E-state index in [0.29, 0.717) is 21.8 Å². The molecule has 0 aliphatic rings. The second-order valence-corrected chi connectivity index (χ2v) is 8.43. The highest BCUT2D eigenvalue weighted by Crippen LogP contribution is 2.14. The summed E-state index contributed by atoms with van der Waals surface area (Å²) in [5, 5.41) is 3.09. The number of carbonyl (C=O) groups is 5.